The third kappa shape index (κ3) is 5.52. The first-order valence-electron chi connectivity index (χ1n) is 11.3. The lowest BCUT2D eigenvalue weighted by Gasteiger charge is -2.18. The highest BCUT2D eigenvalue weighted by molar-refractivity contribution is 6.09. The summed E-state index contributed by atoms with van der Waals surface area (Å²) in [5.41, 5.74) is -0.241. The van der Waals surface area contributed by atoms with Gasteiger partial charge in [0.1, 0.15) is 11.5 Å². The summed E-state index contributed by atoms with van der Waals surface area (Å²) in [6.45, 7) is -2.83. The number of hydrogen-bond donors (Lipinski definition) is 2. The number of ether oxygens (including phenoxy) is 1. The van der Waals surface area contributed by atoms with Crippen LogP contribution in [-0.2, 0) is 12.7 Å². The van der Waals surface area contributed by atoms with E-state index < -0.39 is 24.4 Å². The second-order valence-corrected chi connectivity index (χ2v) is 8.63. The Hall–Kier alpha value is -4.10. The van der Waals surface area contributed by atoms with Crippen molar-refractivity contribution in [3.05, 3.63) is 59.8 Å². The van der Waals surface area contributed by atoms with Gasteiger partial charge in [-0.1, -0.05) is 0 Å². The largest absolute Gasteiger partial charge is 0.433 e. The van der Waals surface area contributed by atoms with Crippen LogP contribution in [0.1, 0.15) is 40.9 Å². The number of carbonyl (C=O) groups excluding carboxylic acids is 1. The average molecular weight is 521 g/mol. The molecular formula is C23H20F5N7O2. The molecule has 4 heterocycles. The molecule has 0 aromatic carbocycles. The van der Waals surface area contributed by atoms with Crippen molar-refractivity contribution in [2.45, 2.75) is 50.7 Å². The summed E-state index contributed by atoms with van der Waals surface area (Å²) in [7, 11) is 0. The van der Waals surface area contributed by atoms with E-state index in [-0.39, 0.29) is 29.9 Å². The van der Waals surface area contributed by atoms with Crippen molar-refractivity contribution in [3.63, 3.8) is 0 Å². The molecule has 2 atom stereocenters. The van der Waals surface area contributed by atoms with Crippen molar-refractivity contribution in [3.8, 4) is 5.75 Å². The van der Waals surface area contributed by atoms with E-state index in [2.05, 4.69) is 35.3 Å². The number of fused-ring (bicyclic) bond motifs is 1. The Labute approximate surface area is 207 Å². The maximum atomic E-state index is 13.0. The number of halogens is 5. The second kappa shape index (κ2) is 9.75. The van der Waals surface area contributed by atoms with E-state index in [0.717, 1.165) is 31.5 Å². The van der Waals surface area contributed by atoms with Crippen LogP contribution >= 0.6 is 0 Å². The molecule has 1 saturated carbocycles. The Morgan fingerprint density at radius 3 is 2.35 bits per heavy atom. The van der Waals surface area contributed by atoms with Gasteiger partial charge in [0, 0.05) is 29.4 Å². The fourth-order valence-electron chi connectivity index (χ4n) is 4.38. The number of aromatic nitrogens is 4. The Balaban J connectivity index is 1.16. The van der Waals surface area contributed by atoms with Gasteiger partial charge in [0.2, 0.25) is 5.95 Å². The number of hydrogen-bond acceptors (Lipinski definition) is 8. The molecule has 0 radical (unpaired) electrons. The van der Waals surface area contributed by atoms with E-state index in [1.54, 1.807) is 12.1 Å². The van der Waals surface area contributed by atoms with Crippen molar-refractivity contribution in [1.29, 1.82) is 0 Å². The van der Waals surface area contributed by atoms with Gasteiger partial charge in [-0.05, 0) is 37.5 Å². The highest BCUT2D eigenvalue weighted by Crippen LogP contribution is 2.33. The molecule has 5 rings (SSSR count). The quantitative estimate of drug-likeness (QED) is 0.439. The molecule has 0 saturated heterocycles. The molecule has 1 amide bonds. The Bertz CT molecular complexity index is 1270. The molecule has 3 aromatic rings. The zero-order valence-corrected chi connectivity index (χ0v) is 19.0. The minimum atomic E-state index is -4.63. The molecule has 9 nitrogen and oxygen atoms in total. The summed E-state index contributed by atoms with van der Waals surface area (Å²) in [4.78, 5) is 29.8. The van der Waals surface area contributed by atoms with Gasteiger partial charge in [-0.15, -0.1) is 0 Å². The lowest BCUT2D eigenvalue weighted by Crippen LogP contribution is -2.24. The molecule has 0 unspecified atom stereocenters. The Morgan fingerprint density at radius 2 is 1.70 bits per heavy atom. The van der Waals surface area contributed by atoms with Crippen molar-refractivity contribution in [1.82, 2.24) is 19.9 Å². The van der Waals surface area contributed by atoms with Crippen molar-refractivity contribution >= 4 is 23.4 Å². The van der Waals surface area contributed by atoms with E-state index in [4.69, 9.17) is 0 Å². The number of anilines is 3. The number of nitrogens with one attached hydrogen (secondary N) is 2. The predicted molar refractivity (Wildman–Crippen MR) is 121 cm³/mol. The molecule has 0 spiro atoms. The molecule has 14 heteroatoms. The number of amides is 1. The first-order valence-corrected chi connectivity index (χ1v) is 11.3. The van der Waals surface area contributed by atoms with E-state index in [9.17, 15) is 26.7 Å². The zero-order valence-electron chi connectivity index (χ0n) is 19.0. The molecular weight excluding hydrogens is 501 g/mol. The maximum Gasteiger partial charge on any atom is 0.433 e. The minimum absolute atomic E-state index is 0.0193. The molecule has 37 heavy (non-hydrogen) atoms. The molecule has 0 bridgehead atoms. The fourth-order valence-corrected chi connectivity index (χ4v) is 4.38. The summed E-state index contributed by atoms with van der Waals surface area (Å²) < 4.78 is 67.6. The van der Waals surface area contributed by atoms with Crippen LogP contribution in [0.15, 0.2) is 43.0 Å². The molecule has 194 valence electrons. The van der Waals surface area contributed by atoms with Crippen molar-refractivity contribution < 1.29 is 31.5 Å². The van der Waals surface area contributed by atoms with Gasteiger partial charge in [-0.25, -0.2) is 15.0 Å². The monoisotopic (exact) mass is 521 g/mol. The van der Waals surface area contributed by atoms with Gasteiger partial charge in [-0.3, -0.25) is 9.78 Å². The number of rotatable bonds is 7. The van der Waals surface area contributed by atoms with E-state index in [1.165, 1.54) is 23.5 Å². The van der Waals surface area contributed by atoms with Crippen LogP contribution in [0, 0.1) is 0 Å². The predicted octanol–water partition coefficient (Wildman–Crippen LogP) is 4.49. The van der Waals surface area contributed by atoms with Gasteiger partial charge in [0.05, 0.1) is 30.8 Å². The summed E-state index contributed by atoms with van der Waals surface area (Å²) in [6, 6.07) is 4.33. The van der Waals surface area contributed by atoms with Gasteiger partial charge < -0.3 is 20.3 Å². The van der Waals surface area contributed by atoms with Crippen molar-refractivity contribution in [2.75, 3.05) is 15.5 Å². The molecule has 3 aromatic heterocycles. The lowest BCUT2D eigenvalue weighted by molar-refractivity contribution is -0.141. The molecule has 1 aliphatic heterocycles. The average Bonchev–Trinajstić information content (AvgIpc) is 3.43. The number of nitrogens with zero attached hydrogens (tertiary/aromatic N) is 5. The fraction of sp³-hybridized carbons (Fsp3) is 0.348. The normalized spacial score (nSPS) is 19.3. The van der Waals surface area contributed by atoms with Crippen LogP contribution in [0.4, 0.5) is 39.4 Å². The van der Waals surface area contributed by atoms with Gasteiger partial charge in [0.25, 0.3) is 5.91 Å². The molecule has 2 aliphatic rings. The summed E-state index contributed by atoms with van der Waals surface area (Å²) in [6.07, 6.45) is 2.68. The Kier molecular flexibility index (Phi) is 6.48. The van der Waals surface area contributed by atoms with Crippen LogP contribution < -0.4 is 20.3 Å². The van der Waals surface area contributed by atoms with E-state index >= 15 is 0 Å². The smallest absolute Gasteiger partial charge is 0.432 e. The van der Waals surface area contributed by atoms with E-state index in [0.29, 0.717) is 23.0 Å². The van der Waals surface area contributed by atoms with Crippen LogP contribution in [0.3, 0.4) is 0 Å². The van der Waals surface area contributed by atoms with Gasteiger partial charge in [-0.2, -0.15) is 22.0 Å². The Morgan fingerprint density at radius 1 is 0.973 bits per heavy atom. The van der Waals surface area contributed by atoms with Gasteiger partial charge in [0.15, 0.2) is 5.75 Å². The number of alkyl halides is 5. The van der Waals surface area contributed by atoms with Crippen molar-refractivity contribution in [2.24, 2.45) is 0 Å². The summed E-state index contributed by atoms with van der Waals surface area (Å²) >= 11 is 0. The highest BCUT2D eigenvalue weighted by atomic mass is 19.4. The first kappa shape index (κ1) is 24.6. The van der Waals surface area contributed by atoms with Crippen LogP contribution in [-0.4, -0.2) is 44.5 Å². The third-order valence-electron chi connectivity index (χ3n) is 6.11. The topological polar surface area (TPSA) is 105 Å². The van der Waals surface area contributed by atoms with E-state index in [1.807, 2.05) is 0 Å². The molecule has 2 N–H and O–H groups in total. The summed E-state index contributed by atoms with van der Waals surface area (Å²) in [5, 5.41) is 6.49. The van der Waals surface area contributed by atoms with Crippen LogP contribution in [0.5, 0.6) is 5.75 Å². The lowest BCUT2D eigenvalue weighted by atomic mass is 10.1. The minimum Gasteiger partial charge on any atom is -0.432 e. The maximum absolute atomic E-state index is 13.0. The number of pyridine rings is 2. The standard InChI is InChI=1S/C23H20F5N7O2/c24-21(25)37-16-9-31-22(32-10-16)34-14-2-1-13(5-14)33-19-4-3-15(8-30-19)35-11-12-7-29-18(23(26,27)28)6-17(12)20(35)36/h3-4,6-10,13-14,21H,1-2,5,11H2,(H,30,33)(H,31,32,34)/t13-,14-/m0/s1. The first-order chi connectivity index (χ1) is 17.7. The SMILES string of the molecule is O=C1c2cc(C(F)(F)F)ncc2CN1c1ccc(N[C@H]2CC[C@H](Nc3ncc(OC(F)F)cn3)C2)nc1. The van der Waals surface area contributed by atoms with Crippen LogP contribution in [0.25, 0.3) is 0 Å². The van der Waals surface area contributed by atoms with Crippen LogP contribution in [0.2, 0.25) is 0 Å². The van der Waals surface area contributed by atoms with Gasteiger partial charge >= 0.3 is 12.8 Å². The number of carbonyl (C=O) groups is 1. The third-order valence-corrected chi connectivity index (χ3v) is 6.11. The second-order valence-electron chi connectivity index (χ2n) is 8.63. The molecule has 1 aliphatic carbocycles. The summed E-state index contributed by atoms with van der Waals surface area (Å²) in [5.74, 6) is 0.238. The highest BCUT2D eigenvalue weighted by Gasteiger charge is 2.37. The zero-order chi connectivity index (χ0) is 26.2. The molecule has 1 fully saturated rings.